The van der Waals surface area contributed by atoms with Crippen molar-refractivity contribution in [2.45, 2.75) is 44.9 Å². The van der Waals surface area contributed by atoms with Crippen molar-refractivity contribution < 1.29 is 23.4 Å². The lowest BCUT2D eigenvalue weighted by molar-refractivity contribution is -0.159. The Morgan fingerprint density at radius 1 is 1.29 bits per heavy atom. The van der Waals surface area contributed by atoms with Crippen LogP contribution >= 0.6 is 0 Å². The van der Waals surface area contributed by atoms with Gasteiger partial charge >= 0.3 is 6.11 Å². The molecule has 0 saturated heterocycles. The Kier molecular flexibility index (Phi) is 7.90. The van der Waals surface area contributed by atoms with Crippen LogP contribution in [0.2, 0.25) is 0 Å². The van der Waals surface area contributed by atoms with Crippen LogP contribution in [0.1, 0.15) is 30.0 Å². The SMILES string of the molecule is CNCc1cccc(OC(C)(F)F)c1.O=CNc1cccc2c1CC(O)CC2. The highest BCUT2D eigenvalue weighted by Crippen LogP contribution is 2.27. The number of alkyl halides is 2. The van der Waals surface area contributed by atoms with Gasteiger partial charge in [-0.2, -0.15) is 8.78 Å². The number of aliphatic hydroxyl groups excluding tert-OH is 1. The second-order valence-corrected chi connectivity index (χ2v) is 6.69. The van der Waals surface area contributed by atoms with Crippen molar-refractivity contribution in [2.75, 3.05) is 12.4 Å². The summed E-state index contributed by atoms with van der Waals surface area (Å²) in [5.41, 5.74) is 4.06. The number of ether oxygens (including phenoxy) is 1. The van der Waals surface area contributed by atoms with Gasteiger partial charge in [-0.1, -0.05) is 24.3 Å². The Balaban J connectivity index is 0.000000200. The Morgan fingerprint density at radius 3 is 2.71 bits per heavy atom. The maximum Gasteiger partial charge on any atom is 0.394 e. The Morgan fingerprint density at radius 2 is 2.04 bits per heavy atom. The molecule has 0 aromatic heterocycles. The van der Waals surface area contributed by atoms with Gasteiger partial charge in [-0.3, -0.25) is 4.79 Å². The minimum Gasteiger partial charge on any atom is -0.433 e. The van der Waals surface area contributed by atoms with Gasteiger partial charge in [0.05, 0.1) is 6.10 Å². The van der Waals surface area contributed by atoms with Gasteiger partial charge < -0.3 is 20.5 Å². The van der Waals surface area contributed by atoms with E-state index in [-0.39, 0.29) is 11.9 Å². The largest absolute Gasteiger partial charge is 0.433 e. The summed E-state index contributed by atoms with van der Waals surface area (Å²) in [4.78, 5) is 10.4. The summed E-state index contributed by atoms with van der Waals surface area (Å²) in [6.07, 6.45) is -0.360. The lowest BCUT2D eigenvalue weighted by atomic mass is 9.89. The molecule has 0 heterocycles. The fourth-order valence-corrected chi connectivity index (χ4v) is 3.10. The Labute approximate surface area is 163 Å². The van der Waals surface area contributed by atoms with Crippen molar-refractivity contribution in [1.82, 2.24) is 5.32 Å². The molecule has 3 N–H and O–H groups in total. The zero-order chi connectivity index (χ0) is 20.6. The lowest BCUT2D eigenvalue weighted by Gasteiger charge is -2.22. The molecule has 7 heteroatoms. The van der Waals surface area contributed by atoms with E-state index in [2.05, 4.69) is 21.4 Å². The summed E-state index contributed by atoms with van der Waals surface area (Å²) < 4.78 is 29.4. The first-order valence-corrected chi connectivity index (χ1v) is 9.11. The number of halogens is 2. The van der Waals surface area contributed by atoms with E-state index < -0.39 is 6.11 Å². The molecule has 0 bridgehead atoms. The number of aliphatic hydroxyl groups is 1. The van der Waals surface area contributed by atoms with E-state index in [0.717, 1.165) is 36.6 Å². The standard InChI is InChI=1S/C11H13NO2.C10H13F2NO/c13-7-12-11-3-1-2-8-4-5-9(14)6-10(8)11;1-10(11,12)14-9-5-3-4-8(6-9)7-13-2/h1-3,7,9,14H,4-6H2,(H,12,13);3-6,13H,7H2,1-2H3. The van der Waals surface area contributed by atoms with Crippen LogP contribution in [0.5, 0.6) is 5.75 Å². The zero-order valence-corrected chi connectivity index (χ0v) is 16.0. The van der Waals surface area contributed by atoms with E-state index in [0.29, 0.717) is 19.4 Å². The van der Waals surface area contributed by atoms with Crippen LogP contribution < -0.4 is 15.4 Å². The molecule has 0 radical (unpaired) electrons. The molecule has 1 unspecified atom stereocenters. The van der Waals surface area contributed by atoms with Crippen molar-refractivity contribution in [3.05, 3.63) is 59.2 Å². The highest BCUT2D eigenvalue weighted by atomic mass is 19.3. The van der Waals surface area contributed by atoms with Gasteiger partial charge in [0.1, 0.15) is 5.75 Å². The molecule has 2 aromatic rings. The fraction of sp³-hybridized carbons (Fsp3) is 0.381. The summed E-state index contributed by atoms with van der Waals surface area (Å²) in [7, 11) is 1.79. The van der Waals surface area contributed by atoms with Gasteiger partial charge in [0.25, 0.3) is 0 Å². The molecule has 152 valence electrons. The van der Waals surface area contributed by atoms with Crippen molar-refractivity contribution >= 4 is 12.1 Å². The molecule has 3 rings (SSSR count). The van der Waals surface area contributed by atoms with E-state index in [4.69, 9.17) is 0 Å². The molecule has 5 nitrogen and oxygen atoms in total. The third-order valence-corrected chi connectivity index (χ3v) is 4.25. The average molecular weight is 392 g/mol. The Hall–Kier alpha value is -2.51. The van der Waals surface area contributed by atoms with E-state index >= 15 is 0 Å². The summed E-state index contributed by atoms with van der Waals surface area (Å²) in [5.74, 6) is 0.185. The summed E-state index contributed by atoms with van der Waals surface area (Å²) in [6.45, 7) is 1.35. The number of hydrogen-bond donors (Lipinski definition) is 3. The monoisotopic (exact) mass is 392 g/mol. The van der Waals surface area contributed by atoms with Gasteiger partial charge in [-0.25, -0.2) is 0 Å². The first-order chi connectivity index (χ1) is 13.3. The first kappa shape index (κ1) is 21.8. The maximum absolute atomic E-state index is 12.5. The van der Waals surface area contributed by atoms with Gasteiger partial charge in [0.2, 0.25) is 6.41 Å². The van der Waals surface area contributed by atoms with Crippen LogP contribution in [-0.2, 0) is 24.2 Å². The van der Waals surface area contributed by atoms with Crippen LogP contribution in [0, 0.1) is 0 Å². The molecule has 0 spiro atoms. The molecule has 0 saturated carbocycles. The van der Waals surface area contributed by atoms with E-state index in [1.807, 2.05) is 18.2 Å². The normalized spacial score (nSPS) is 15.7. The number of nitrogens with one attached hydrogen (secondary N) is 2. The van der Waals surface area contributed by atoms with Crippen molar-refractivity contribution in [3.63, 3.8) is 0 Å². The number of aryl methyl sites for hydroxylation is 1. The third-order valence-electron chi connectivity index (χ3n) is 4.25. The maximum atomic E-state index is 12.5. The second kappa shape index (κ2) is 10.1. The fourth-order valence-electron chi connectivity index (χ4n) is 3.10. The van der Waals surface area contributed by atoms with Crippen molar-refractivity contribution in [3.8, 4) is 5.75 Å². The van der Waals surface area contributed by atoms with Gasteiger partial charge in [-0.15, -0.1) is 0 Å². The molecule has 1 aliphatic carbocycles. The van der Waals surface area contributed by atoms with Crippen LogP contribution in [-0.4, -0.2) is 30.8 Å². The lowest BCUT2D eigenvalue weighted by Crippen LogP contribution is -2.19. The third kappa shape index (κ3) is 6.90. The molecule has 0 fully saturated rings. The molecular weight excluding hydrogens is 366 g/mol. The number of carbonyl (C=O) groups excluding carboxylic acids is 1. The quantitative estimate of drug-likeness (QED) is 0.658. The van der Waals surface area contributed by atoms with Gasteiger partial charge in [0.15, 0.2) is 0 Å². The van der Waals surface area contributed by atoms with Gasteiger partial charge in [0, 0.05) is 25.6 Å². The second-order valence-electron chi connectivity index (χ2n) is 6.69. The van der Waals surface area contributed by atoms with Gasteiger partial charge in [-0.05, 0) is 54.8 Å². The predicted octanol–water partition coefficient (Wildman–Crippen LogP) is 3.50. The number of amides is 1. The van der Waals surface area contributed by atoms with Crippen LogP contribution in [0.3, 0.4) is 0 Å². The smallest absolute Gasteiger partial charge is 0.394 e. The number of rotatable bonds is 6. The predicted molar refractivity (Wildman–Crippen MR) is 105 cm³/mol. The van der Waals surface area contributed by atoms with Crippen LogP contribution in [0.15, 0.2) is 42.5 Å². The Bertz CT molecular complexity index is 778. The zero-order valence-electron chi connectivity index (χ0n) is 16.0. The molecule has 2 aromatic carbocycles. The first-order valence-electron chi connectivity index (χ1n) is 9.11. The highest BCUT2D eigenvalue weighted by Gasteiger charge is 2.23. The van der Waals surface area contributed by atoms with E-state index in [9.17, 15) is 18.7 Å². The van der Waals surface area contributed by atoms with E-state index in [1.165, 1.54) is 11.6 Å². The number of anilines is 1. The average Bonchev–Trinajstić information content (AvgIpc) is 2.62. The summed E-state index contributed by atoms with van der Waals surface area (Å²) in [6, 6.07) is 12.5. The summed E-state index contributed by atoms with van der Waals surface area (Å²) in [5, 5.41) is 15.1. The number of benzene rings is 2. The van der Waals surface area contributed by atoms with E-state index in [1.54, 1.807) is 19.2 Å². The topological polar surface area (TPSA) is 70.6 Å². The van der Waals surface area contributed by atoms with Crippen LogP contribution in [0.4, 0.5) is 14.5 Å². The molecule has 28 heavy (non-hydrogen) atoms. The van der Waals surface area contributed by atoms with Crippen molar-refractivity contribution in [1.29, 1.82) is 0 Å². The number of fused-ring (bicyclic) bond motifs is 1. The number of carbonyl (C=O) groups is 1. The molecule has 1 amide bonds. The van der Waals surface area contributed by atoms with Crippen molar-refractivity contribution in [2.24, 2.45) is 0 Å². The van der Waals surface area contributed by atoms with Crippen LogP contribution in [0.25, 0.3) is 0 Å². The highest BCUT2D eigenvalue weighted by molar-refractivity contribution is 5.74. The molecule has 1 aliphatic rings. The summed E-state index contributed by atoms with van der Waals surface area (Å²) >= 11 is 0. The molecule has 0 aliphatic heterocycles. The minimum absolute atomic E-state index is 0.185. The number of hydrogen-bond acceptors (Lipinski definition) is 4. The molecule has 1 atom stereocenters. The minimum atomic E-state index is -3.13. The molecular formula is C21H26F2N2O3.